The van der Waals surface area contributed by atoms with E-state index in [4.69, 9.17) is 9.05 Å². The van der Waals surface area contributed by atoms with Crippen molar-refractivity contribution in [2.24, 2.45) is 0 Å². The molecule has 2 N–H and O–H groups in total. The zero-order valence-corrected chi connectivity index (χ0v) is 19.6. The Bertz CT molecular complexity index is 527. The van der Waals surface area contributed by atoms with Gasteiger partial charge in [-0.1, -0.05) is 58.3 Å². The smallest absolute Gasteiger partial charge is 0.343 e. The molecule has 0 heterocycles. The molecule has 180 valence electrons. The number of nitrogens with zero attached hydrogens (tertiary/aromatic N) is 1. The van der Waals surface area contributed by atoms with Crippen LogP contribution in [0.1, 0.15) is 64.7 Å². The summed E-state index contributed by atoms with van der Waals surface area (Å²) in [6.45, 7) is 2.00. The van der Waals surface area contributed by atoms with Crippen LogP contribution in [0.5, 0.6) is 0 Å². The molecule has 7 nitrogen and oxygen atoms in total. The summed E-state index contributed by atoms with van der Waals surface area (Å²) in [5, 5.41) is 1.85. The molecule has 0 aliphatic carbocycles. The minimum Gasteiger partial charge on any atom is -0.343 e. The van der Waals surface area contributed by atoms with E-state index in [0.29, 0.717) is 17.4 Å². The summed E-state index contributed by atoms with van der Waals surface area (Å²) in [5.41, 5.74) is 0. The molecule has 0 radical (unpaired) electrons. The number of amides is 1. The Morgan fingerprint density at radius 3 is 2.07 bits per heavy atom. The molecule has 0 saturated heterocycles. The van der Waals surface area contributed by atoms with Crippen molar-refractivity contribution in [1.29, 1.82) is 0 Å². The van der Waals surface area contributed by atoms with Gasteiger partial charge in [-0.25, -0.2) is 4.57 Å². The van der Waals surface area contributed by atoms with E-state index >= 15 is 0 Å². The fourth-order valence-corrected chi connectivity index (χ4v) is 3.40. The van der Waals surface area contributed by atoms with Crippen LogP contribution in [0, 0.1) is 0 Å². The standard InChI is InChI=1S/C19H38F3N2O5P/c1-5-6-7-8-9-10-11-12-13-17(23-18(25)19(20,21)22)16-29-30(26,27)28-15-14-24(2,3)4/h17H,5-16H2,1-4H3,(H-,23,25,26,27)/p+1. The largest absolute Gasteiger partial charge is 0.472 e. The average molecular weight is 463 g/mol. The Kier molecular flexibility index (Phi) is 14.1. The van der Waals surface area contributed by atoms with E-state index in [2.05, 4.69) is 6.92 Å². The van der Waals surface area contributed by atoms with E-state index in [1.54, 1.807) is 0 Å². The number of hydrogen-bond acceptors (Lipinski definition) is 4. The zero-order chi connectivity index (χ0) is 23.3. The molecule has 0 bridgehead atoms. The molecule has 0 aliphatic heterocycles. The van der Waals surface area contributed by atoms with Gasteiger partial charge >= 0.3 is 19.9 Å². The number of nitrogens with one attached hydrogen (secondary N) is 1. The highest BCUT2D eigenvalue weighted by atomic mass is 31.2. The molecule has 0 rings (SSSR count). The maximum absolute atomic E-state index is 12.6. The van der Waals surface area contributed by atoms with E-state index in [0.717, 1.165) is 32.1 Å². The van der Waals surface area contributed by atoms with Crippen LogP contribution < -0.4 is 5.32 Å². The molecular weight excluding hydrogens is 424 g/mol. The van der Waals surface area contributed by atoms with Gasteiger partial charge in [0.1, 0.15) is 13.2 Å². The molecule has 0 aromatic carbocycles. The van der Waals surface area contributed by atoms with Crippen molar-refractivity contribution >= 4 is 13.7 Å². The van der Waals surface area contributed by atoms with Gasteiger partial charge in [0.05, 0.1) is 33.8 Å². The van der Waals surface area contributed by atoms with E-state index in [1.165, 1.54) is 12.8 Å². The Morgan fingerprint density at radius 1 is 1.03 bits per heavy atom. The van der Waals surface area contributed by atoms with Crippen LogP contribution in [0.4, 0.5) is 13.2 Å². The normalized spacial score (nSPS) is 15.6. The lowest BCUT2D eigenvalue weighted by Gasteiger charge is -2.24. The van der Waals surface area contributed by atoms with Crippen LogP contribution in [-0.2, 0) is 18.4 Å². The van der Waals surface area contributed by atoms with Crippen molar-refractivity contribution in [2.45, 2.75) is 76.9 Å². The van der Waals surface area contributed by atoms with Crippen LogP contribution >= 0.6 is 7.82 Å². The van der Waals surface area contributed by atoms with E-state index in [1.807, 2.05) is 26.5 Å². The van der Waals surface area contributed by atoms with Crippen molar-refractivity contribution < 1.29 is 41.0 Å². The summed E-state index contributed by atoms with van der Waals surface area (Å²) in [4.78, 5) is 21.0. The molecule has 2 unspecified atom stereocenters. The first-order valence-corrected chi connectivity index (χ1v) is 12.1. The van der Waals surface area contributed by atoms with Gasteiger partial charge in [0.2, 0.25) is 0 Å². The number of carbonyl (C=O) groups is 1. The first-order valence-electron chi connectivity index (χ1n) is 10.6. The second-order valence-corrected chi connectivity index (χ2v) is 10.00. The number of rotatable bonds is 17. The number of hydrogen-bond donors (Lipinski definition) is 2. The summed E-state index contributed by atoms with van der Waals surface area (Å²) < 4.78 is 59.9. The van der Waals surface area contributed by atoms with Crippen molar-refractivity contribution in [1.82, 2.24) is 5.32 Å². The SMILES string of the molecule is CCCCCCCCCCC(COP(=O)(O)OCC[N+](C)(C)C)NC(=O)C(F)(F)F. The second kappa shape index (κ2) is 14.4. The van der Waals surface area contributed by atoms with Crippen molar-refractivity contribution in [2.75, 3.05) is 40.9 Å². The molecule has 2 atom stereocenters. The minimum absolute atomic E-state index is 0.0467. The number of alkyl halides is 3. The highest BCUT2D eigenvalue weighted by molar-refractivity contribution is 7.47. The molecule has 1 amide bonds. The van der Waals surface area contributed by atoms with Crippen molar-refractivity contribution in [3.05, 3.63) is 0 Å². The lowest BCUT2D eigenvalue weighted by atomic mass is 10.0. The first kappa shape index (κ1) is 29.3. The van der Waals surface area contributed by atoms with E-state index < -0.39 is 32.6 Å². The topological polar surface area (TPSA) is 84.9 Å². The predicted molar refractivity (Wildman–Crippen MR) is 110 cm³/mol. The highest BCUT2D eigenvalue weighted by Crippen LogP contribution is 2.43. The number of likely N-dealkylation sites (N-methyl/N-ethyl adjacent to an activating group) is 1. The van der Waals surface area contributed by atoms with Gasteiger partial charge in [-0.15, -0.1) is 0 Å². The minimum atomic E-state index is -5.03. The number of phosphoric ester groups is 1. The molecular formula is C19H39F3N2O5P+. The third-order valence-corrected chi connectivity index (χ3v) is 5.44. The summed E-state index contributed by atoms with van der Waals surface area (Å²) in [7, 11) is 1.20. The first-order chi connectivity index (χ1) is 13.8. The monoisotopic (exact) mass is 463 g/mol. The number of carbonyl (C=O) groups excluding carboxylic acids is 1. The molecule has 0 fully saturated rings. The van der Waals surface area contributed by atoms with Crippen molar-refractivity contribution in [3.63, 3.8) is 0 Å². The summed E-state index contributed by atoms with van der Waals surface area (Å²) >= 11 is 0. The summed E-state index contributed by atoms with van der Waals surface area (Å²) in [6.07, 6.45) is 3.25. The quantitative estimate of drug-likeness (QED) is 0.190. The lowest BCUT2D eigenvalue weighted by molar-refractivity contribution is -0.870. The van der Waals surface area contributed by atoms with Gasteiger partial charge < -0.3 is 14.7 Å². The Hall–Kier alpha value is -0.670. The molecule has 0 aromatic heterocycles. The van der Waals surface area contributed by atoms with Crippen LogP contribution in [0.3, 0.4) is 0 Å². The summed E-state index contributed by atoms with van der Waals surface area (Å²) in [5.74, 6) is -2.09. The lowest BCUT2D eigenvalue weighted by Crippen LogP contribution is -2.45. The van der Waals surface area contributed by atoms with Gasteiger partial charge in [-0.05, 0) is 6.42 Å². The highest BCUT2D eigenvalue weighted by Gasteiger charge is 2.40. The number of unbranched alkanes of at least 4 members (excludes halogenated alkanes) is 7. The van der Waals surface area contributed by atoms with Gasteiger partial charge in [0.15, 0.2) is 0 Å². The van der Waals surface area contributed by atoms with Gasteiger partial charge in [-0.2, -0.15) is 13.2 Å². The van der Waals surface area contributed by atoms with Crippen LogP contribution in [0.2, 0.25) is 0 Å². The maximum Gasteiger partial charge on any atom is 0.472 e. The van der Waals surface area contributed by atoms with Gasteiger partial charge in [-0.3, -0.25) is 13.8 Å². The number of quaternary nitrogens is 1. The summed E-state index contributed by atoms with van der Waals surface area (Å²) in [6, 6.07) is -1.03. The van der Waals surface area contributed by atoms with Crippen LogP contribution in [0.25, 0.3) is 0 Å². The van der Waals surface area contributed by atoms with Gasteiger partial charge in [0, 0.05) is 0 Å². The van der Waals surface area contributed by atoms with Crippen LogP contribution in [0.15, 0.2) is 0 Å². The second-order valence-electron chi connectivity index (χ2n) is 8.54. The van der Waals surface area contributed by atoms with E-state index in [-0.39, 0.29) is 13.0 Å². The van der Waals surface area contributed by atoms with Gasteiger partial charge in [0.25, 0.3) is 0 Å². The number of halogens is 3. The number of phosphoric acid groups is 1. The Morgan fingerprint density at radius 2 is 1.57 bits per heavy atom. The fraction of sp³-hybridized carbons (Fsp3) is 0.947. The molecule has 30 heavy (non-hydrogen) atoms. The average Bonchev–Trinajstić information content (AvgIpc) is 2.59. The molecule has 0 spiro atoms. The Labute approximate surface area is 178 Å². The maximum atomic E-state index is 12.6. The third-order valence-electron chi connectivity index (χ3n) is 4.45. The molecule has 0 saturated carbocycles. The predicted octanol–water partition coefficient (Wildman–Crippen LogP) is 4.40. The third kappa shape index (κ3) is 17.1. The van der Waals surface area contributed by atoms with E-state index in [9.17, 15) is 27.4 Å². The van der Waals surface area contributed by atoms with Crippen molar-refractivity contribution in [3.8, 4) is 0 Å². The Balaban J connectivity index is 4.48. The molecule has 0 aromatic rings. The zero-order valence-electron chi connectivity index (χ0n) is 18.7. The molecule has 11 heteroatoms. The van der Waals surface area contributed by atoms with Crippen LogP contribution in [-0.4, -0.2) is 68.4 Å². The fourth-order valence-electron chi connectivity index (χ4n) is 2.64. The molecule has 0 aliphatic rings.